The molecular formula is C40H48N6O4S. The van der Waals surface area contributed by atoms with Crippen molar-refractivity contribution in [1.29, 1.82) is 5.26 Å². The lowest BCUT2D eigenvalue weighted by molar-refractivity contribution is 0.0523. The average Bonchev–Trinajstić information content (AvgIpc) is 3.83. The molecule has 51 heavy (non-hydrogen) atoms. The molecule has 0 radical (unpaired) electrons. The van der Waals surface area contributed by atoms with E-state index in [0.717, 1.165) is 23.1 Å². The largest absolute Gasteiger partial charge is 0.598 e. The fourth-order valence-electron chi connectivity index (χ4n) is 5.79. The monoisotopic (exact) mass is 708 g/mol. The predicted molar refractivity (Wildman–Crippen MR) is 201 cm³/mol. The summed E-state index contributed by atoms with van der Waals surface area (Å²) in [4.78, 5) is 26.2. The predicted octanol–water partition coefficient (Wildman–Crippen LogP) is 7.82. The van der Waals surface area contributed by atoms with Crippen molar-refractivity contribution in [2.45, 2.75) is 96.6 Å². The van der Waals surface area contributed by atoms with Crippen molar-refractivity contribution in [3.63, 3.8) is 0 Å². The van der Waals surface area contributed by atoms with Gasteiger partial charge in [-0.15, -0.1) is 4.72 Å². The molecule has 1 aliphatic rings. The number of aromatic nitrogens is 2. The Hall–Kier alpha value is -4.63. The van der Waals surface area contributed by atoms with Crippen LogP contribution in [0.2, 0.25) is 0 Å². The maximum atomic E-state index is 13.9. The molecule has 1 saturated carbocycles. The molecule has 3 N–H and O–H groups in total. The zero-order chi connectivity index (χ0) is 37.0. The Morgan fingerprint density at radius 3 is 2.33 bits per heavy atom. The first-order valence-electron chi connectivity index (χ1n) is 17.3. The number of hydrogen-bond donors (Lipinski definition) is 3. The van der Waals surface area contributed by atoms with Crippen LogP contribution in [0.1, 0.15) is 106 Å². The van der Waals surface area contributed by atoms with E-state index in [-0.39, 0.29) is 12.5 Å². The standard InChI is InChI=1S/C40H48N6O4S/c1-27-22-35(46(44-27)34-13-8-10-30(23-34)26-42-37(48)50-38(2,3)4)36(47)43-33-12-9-11-32(24-33)40(21-20-28-14-15-28,45-51(49)39(5,6)7)31-18-16-29(25-41)17-19-31/h8-13,16-19,22-24,28,45H,14-15,20-21,26H2,1-7H3,(H,42,48)(H,43,47)/t40?,51-/m1/s1. The van der Waals surface area contributed by atoms with Crippen molar-refractivity contribution in [2.24, 2.45) is 5.92 Å². The molecule has 0 spiro atoms. The molecule has 1 heterocycles. The van der Waals surface area contributed by atoms with E-state index in [1.54, 1.807) is 22.9 Å². The minimum absolute atomic E-state index is 0.243. The van der Waals surface area contributed by atoms with Gasteiger partial charge in [-0.2, -0.15) is 10.4 Å². The van der Waals surface area contributed by atoms with Crippen LogP contribution in [0, 0.1) is 24.2 Å². The van der Waals surface area contributed by atoms with Gasteiger partial charge in [-0.05, 0) is 126 Å². The number of nitrogens with zero attached hydrogens (tertiary/aromatic N) is 3. The fourth-order valence-corrected chi connectivity index (χ4v) is 6.75. The quantitative estimate of drug-likeness (QED) is 0.127. The van der Waals surface area contributed by atoms with Gasteiger partial charge < -0.3 is 19.9 Å². The molecule has 4 aromatic rings. The summed E-state index contributed by atoms with van der Waals surface area (Å²) in [5, 5.41) is 20.0. The molecule has 10 nitrogen and oxygen atoms in total. The highest BCUT2D eigenvalue weighted by atomic mass is 32.2. The number of hydrogen-bond acceptors (Lipinski definition) is 7. The highest BCUT2D eigenvalue weighted by Crippen LogP contribution is 2.43. The Morgan fingerprint density at radius 1 is 0.980 bits per heavy atom. The molecule has 1 unspecified atom stereocenters. The zero-order valence-electron chi connectivity index (χ0n) is 30.5. The molecule has 0 bridgehead atoms. The number of carbonyl (C=O) groups excluding carboxylic acids is 2. The van der Waals surface area contributed by atoms with E-state index in [1.807, 2.05) is 109 Å². The second-order valence-corrected chi connectivity index (χ2v) is 17.2. The molecule has 1 aromatic heterocycles. The molecule has 5 rings (SSSR count). The third-order valence-electron chi connectivity index (χ3n) is 8.62. The van der Waals surface area contributed by atoms with Crippen molar-refractivity contribution in [3.8, 4) is 11.8 Å². The van der Waals surface area contributed by atoms with E-state index in [0.29, 0.717) is 40.7 Å². The lowest BCUT2D eigenvalue weighted by Gasteiger charge is -2.39. The number of rotatable bonds is 12. The fraction of sp³-hybridized carbons (Fsp3) is 0.400. The molecule has 268 valence electrons. The first kappa shape index (κ1) is 37.6. The number of anilines is 1. The Kier molecular flexibility index (Phi) is 11.3. The van der Waals surface area contributed by atoms with Crippen LogP contribution in [0.15, 0.2) is 78.9 Å². The summed E-state index contributed by atoms with van der Waals surface area (Å²) in [6, 6.07) is 26.5. The van der Waals surface area contributed by atoms with E-state index >= 15 is 0 Å². The Bertz CT molecular complexity index is 1900. The number of ether oxygens (including phenoxy) is 1. The minimum atomic E-state index is -1.43. The molecule has 2 amide bonds. The van der Waals surface area contributed by atoms with Crippen LogP contribution in [0.25, 0.3) is 5.69 Å². The van der Waals surface area contributed by atoms with E-state index in [4.69, 9.17) is 4.74 Å². The summed E-state index contributed by atoms with van der Waals surface area (Å²) < 4.78 is 23.8. The van der Waals surface area contributed by atoms with E-state index < -0.39 is 33.3 Å². The molecule has 1 fully saturated rings. The van der Waals surface area contributed by atoms with Gasteiger partial charge in [0.05, 0.1) is 23.0 Å². The summed E-state index contributed by atoms with van der Waals surface area (Å²) >= 11 is -1.43. The van der Waals surface area contributed by atoms with Crippen molar-refractivity contribution in [1.82, 2.24) is 19.8 Å². The Labute approximate surface area is 304 Å². The highest BCUT2D eigenvalue weighted by Gasteiger charge is 2.43. The van der Waals surface area contributed by atoms with Crippen LogP contribution in [0.3, 0.4) is 0 Å². The molecule has 1 aliphatic carbocycles. The van der Waals surface area contributed by atoms with Gasteiger partial charge in [-0.3, -0.25) is 4.79 Å². The van der Waals surface area contributed by atoms with Crippen molar-refractivity contribution in [3.05, 3.63) is 113 Å². The van der Waals surface area contributed by atoms with Gasteiger partial charge in [0.15, 0.2) is 0 Å². The molecule has 0 saturated heterocycles. The summed E-state index contributed by atoms with van der Waals surface area (Å²) in [7, 11) is 0. The summed E-state index contributed by atoms with van der Waals surface area (Å²) in [5.74, 6) is 0.267. The van der Waals surface area contributed by atoms with Gasteiger partial charge in [0.25, 0.3) is 5.91 Å². The lowest BCUT2D eigenvalue weighted by Crippen LogP contribution is -2.52. The molecule has 3 aromatic carbocycles. The van der Waals surface area contributed by atoms with Gasteiger partial charge >= 0.3 is 6.09 Å². The van der Waals surface area contributed by atoms with Gasteiger partial charge in [0, 0.05) is 23.6 Å². The van der Waals surface area contributed by atoms with E-state index in [1.165, 1.54) is 12.8 Å². The molecule has 11 heteroatoms. The lowest BCUT2D eigenvalue weighted by atomic mass is 9.79. The van der Waals surface area contributed by atoms with Crippen LogP contribution in [0.4, 0.5) is 10.5 Å². The number of nitrogens with one attached hydrogen (secondary N) is 3. The number of aryl methyl sites for hydroxylation is 1. The summed E-state index contributed by atoms with van der Waals surface area (Å²) in [6.45, 7) is 13.3. The summed E-state index contributed by atoms with van der Waals surface area (Å²) in [6.07, 6.45) is 3.47. The number of benzene rings is 3. The first-order valence-corrected chi connectivity index (χ1v) is 18.5. The van der Waals surface area contributed by atoms with Crippen LogP contribution in [-0.4, -0.2) is 36.7 Å². The molecular weight excluding hydrogens is 661 g/mol. The Morgan fingerprint density at radius 2 is 1.69 bits per heavy atom. The van der Waals surface area contributed by atoms with Crippen LogP contribution in [-0.2, 0) is 28.2 Å². The number of amides is 2. The third kappa shape index (κ3) is 9.79. The van der Waals surface area contributed by atoms with Crippen molar-refractivity contribution in [2.75, 3.05) is 5.32 Å². The van der Waals surface area contributed by atoms with E-state index in [2.05, 4.69) is 26.5 Å². The Balaban J connectivity index is 1.45. The van der Waals surface area contributed by atoms with Gasteiger partial charge in [-0.25, -0.2) is 9.48 Å². The van der Waals surface area contributed by atoms with Crippen LogP contribution >= 0.6 is 0 Å². The highest BCUT2D eigenvalue weighted by molar-refractivity contribution is 7.90. The van der Waals surface area contributed by atoms with E-state index in [9.17, 15) is 19.4 Å². The zero-order valence-corrected chi connectivity index (χ0v) is 31.3. The van der Waals surface area contributed by atoms with Crippen molar-refractivity contribution >= 4 is 29.0 Å². The number of carbonyl (C=O) groups is 2. The van der Waals surface area contributed by atoms with Crippen LogP contribution in [0.5, 0.6) is 0 Å². The third-order valence-corrected chi connectivity index (χ3v) is 10.3. The maximum Gasteiger partial charge on any atom is 0.407 e. The SMILES string of the molecule is Cc1cc(C(=O)Nc2cccc(C(CCC3CC3)(N[S@+]([O-])C(C)(C)C)c3ccc(C#N)cc3)c2)n(-c2cccc(CNC(=O)OC(C)(C)C)c2)n1. The first-order chi connectivity index (χ1) is 24.1. The number of nitriles is 1. The molecule has 2 atom stereocenters. The van der Waals surface area contributed by atoms with Gasteiger partial charge in [-0.1, -0.05) is 49.2 Å². The molecule has 0 aliphatic heterocycles. The topological polar surface area (TPSA) is 144 Å². The van der Waals surface area contributed by atoms with Gasteiger partial charge in [0.2, 0.25) is 0 Å². The second-order valence-electron chi connectivity index (χ2n) is 15.2. The maximum absolute atomic E-state index is 13.9. The number of alkyl carbamates (subject to hydrolysis) is 1. The van der Waals surface area contributed by atoms with Crippen LogP contribution < -0.4 is 15.4 Å². The average molecular weight is 709 g/mol. The smallest absolute Gasteiger partial charge is 0.407 e. The minimum Gasteiger partial charge on any atom is -0.598 e. The van der Waals surface area contributed by atoms with Crippen molar-refractivity contribution < 1.29 is 18.9 Å². The van der Waals surface area contributed by atoms with Gasteiger partial charge in [0.1, 0.15) is 21.6 Å². The summed E-state index contributed by atoms with van der Waals surface area (Å²) in [5.41, 5.74) is 3.92. The second kappa shape index (κ2) is 15.3. The normalized spacial score (nSPS) is 15.0.